The maximum absolute atomic E-state index is 12.5. The Labute approximate surface area is 113 Å². The number of fused-ring (bicyclic) bond motifs is 1. The molecule has 0 saturated carbocycles. The van der Waals surface area contributed by atoms with Crippen molar-refractivity contribution in [2.45, 2.75) is 38.6 Å². The molecular weight excluding hydrogens is 240 g/mol. The zero-order valence-corrected chi connectivity index (χ0v) is 11.1. The van der Waals surface area contributed by atoms with E-state index >= 15 is 0 Å². The average molecular weight is 258 g/mol. The van der Waals surface area contributed by atoms with Crippen molar-refractivity contribution in [3.63, 3.8) is 0 Å². The highest BCUT2D eigenvalue weighted by atomic mass is 16.2. The van der Waals surface area contributed by atoms with Gasteiger partial charge in [-0.1, -0.05) is 30.5 Å². The van der Waals surface area contributed by atoms with E-state index in [1.807, 2.05) is 31.2 Å². The minimum Gasteiger partial charge on any atom is -0.312 e. The number of anilines is 1. The lowest BCUT2D eigenvalue weighted by molar-refractivity contribution is -0.119. The number of imide groups is 1. The molecule has 0 spiro atoms. The van der Waals surface area contributed by atoms with Gasteiger partial charge in [-0.3, -0.25) is 4.79 Å². The van der Waals surface area contributed by atoms with Crippen molar-refractivity contribution in [2.75, 3.05) is 11.4 Å². The highest BCUT2D eigenvalue weighted by molar-refractivity contribution is 6.21. The average Bonchev–Trinajstić information content (AvgIpc) is 2.61. The van der Waals surface area contributed by atoms with Crippen LogP contribution in [0.15, 0.2) is 24.3 Å². The van der Waals surface area contributed by atoms with Crippen LogP contribution in [0.25, 0.3) is 0 Å². The van der Waals surface area contributed by atoms with E-state index < -0.39 is 0 Å². The van der Waals surface area contributed by atoms with Gasteiger partial charge in [0.25, 0.3) is 5.91 Å². The predicted molar refractivity (Wildman–Crippen MR) is 73.0 cm³/mol. The summed E-state index contributed by atoms with van der Waals surface area (Å²) in [4.78, 5) is 28.0. The van der Waals surface area contributed by atoms with Gasteiger partial charge in [0.2, 0.25) is 0 Å². The summed E-state index contributed by atoms with van der Waals surface area (Å²) in [7, 11) is 0. The Bertz CT molecular complexity index is 485. The van der Waals surface area contributed by atoms with Crippen molar-refractivity contribution in [1.29, 1.82) is 0 Å². The van der Waals surface area contributed by atoms with Crippen molar-refractivity contribution >= 4 is 17.6 Å². The summed E-state index contributed by atoms with van der Waals surface area (Å²) in [5, 5.41) is 0. The lowest BCUT2D eigenvalue weighted by Gasteiger charge is -2.18. The van der Waals surface area contributed by atoms with Crippen LogP contribution in [0, 0.1) is 6.92 Å². The molecule has 4 heteroatoms. The van der Waals surface area contributed by atoms with Gasteiger partial charge in [0.05, 0.1) is 5.69 Å². The second kappa shape index (κ2) is 4.68. The van der Waals surface area contributed by atoms with E-state index in [1.54, 1.807) is 4.90 Å². The molecule has 0 bridgehead atoms. The van der Waals surface area contributed by atoms with Gasteiger partial charge in [-0.15, -0.1) is 0 Å². The summed E-state index contributed by atoms with van der Waals surface area (Å²) in [6.45, 7) is 2.70. The Morgan fingerprint density at radius 1 is 1.05 bits per heavy atom. The van der Waals surface area contributed by atoms with Crippen LogP contribution in [0.4, 0.5) is 10.5 Å². The zero-order chi connectivity index (χ0) is 13.4. The van der Waals surface area contributed by atoms with Gasteiger partial charge in [-0.05, 0) is 31.9 Å². The van der Waals surface area contributed by atoms with Crippen LogP contribution >= 0.6 is 0 Å². The van der Waals surface area contributed by atoms with E-state index in [-0.39, 0.29) is 18.0 Å². The highest BCUT2D eigenvalue weighted by Gasteiger charge is 2.45. The van der Waals surface area contributed by atoms with E-state index in [0.29, 0.717) is 12.2 Å². The number of carbonyl (C=O) groups is 2. The van der Waals surface area contributed by atoms with Gasteiger partial charge in [-0.25, -0.2) is 9.69 Å². The molecule has 2 aliphatic heterocycles. The Balaban J connectivity index is 1.93. The first-order valence-corrected chi connectivity index (χ1v) is 6.90. The molecule has 1 unspecified atom stereocenters. The first-order valence-electron chi connectivity index (χ1n) is 6.90. The fraction of sp³-hybridized carbons (Fsp3) is 0.467. The first-order chi connectivity index (χ1) is 9.18. The Kier molecular flexibility index (Phi) is 3.01. The van der Waals surface area contributed by atoms with Gasteiger partial charge >= 0.3 is 6.03 Å². The number of benzene rings is 1. The Morgan fingerprint density at radius 3 is 2.53 bits per heavy atom. The highest BCUT2D eigenvalue weighted by Crippen LogP contribution is 2.30. The number of nitrogens with zero attached hydrogens (tertiary/aromatic N) is 2. The van der Waals surface area contributed by atoms with Crippen molar-refractivity contribution in [3.8, 4) is 0 Å². The monoisotopic (exact) mass is 258 g/mol. The topological polar surface area (TPSA) is 40.6 Å². The summed E-state index contributed by atoms with van der Waals surface area (Å²) in [6, 6.07) is 7.16. The molecule has 0 aromatic heterocycles. The molecule has 4 nitrogen and oxygen atoms in total. The van der Waals surface area contributed by atoms with Crippen molar-refractivity contribution in [1.82, 2.24) is 4.90 Å². The molecule has 100 valence electrons. The smallest absolute Gasteiger partial charge is 0.312 e. The van der Waals surface area contributed by atoms with Crippen LogP contribution in [-0.4, -0.2) is 29.4 Å². The number of hydrogen-bond acceptors (Lipinski definition) is 2. The molecule has 2 fully saturated rings. The lowest BCUT2D eigenvalue weighted by Crippen LogP contribution is -2.34. The van der Waals surface area contributed by atoms with Gasteiger partial charge in [-0.2, -0.15) is 0 Å². The summed E-state index contributed by atoms with van der Waals surface area (Å²) < 4.78 is 0. The van der Waals surface area contributed by atoms with Crippen LogP contribution in [0.1, 0.15) is 31.2 Å². The molecule has 1 aromatic rings. The molecule has 2 aliphatic rings. The normalized spacial score (nSPS) is 23.5. The largest absolute Gasteiger partial charge is 0.332 e. The standard InChI is InChI=1S/C15H18N2O2/c1-11-6-8-12(9-7-11)17-14(18)13-5-3-2-4-10-16(13)15(17)19/h6-9,13H,2-5,10H2,1H3. The van der Waals surface area contributed by atoms with Crippen LogP contribution in [0.5, 0.6) is 0 Å². The molecule has 3 amide bonds. The zero-order valence-electron chi connectivity index (χ0n) is 11.1. The lowest BCUT2D eigenvalue weighted by atomic mass is 10.1. The van der Waals surface area contributed by atoms with Crippen LogP contribution in [-0.2, 0) is 4.79 Å². The molecule has 1 aromatic carbocycles. The molecular formula is C15H18N2O2. The van der Waals surface area contributed by atoms with Crippen LogP contribution in [0.2, 0.25) is 0 Å². The van der Waals surface area contributed by atoms with E-state index in [2.05, 4.69) is 0 Å². The van der Waals surface area contributed by atoms with E-state index in [0.717, 1.165) is 31.2 Å². The number of carbonyl (C=O) groups excluding carboxylic acids is 2. The molecule has 0 aliphatic carbocycles. The third kappa shape index (κ3) is 2.01. The number of aryl methyl sites for hydroxylation is 1. The third-order valence-electron chi connectivity index (χ3n) is 3.99. The van der Waals surface area contributed by atoms with Gasteiger partial charge in [0, 0.05) is 6.54 Å². The minimum atomic E-state index is -0.240. The number of rotatable bonds is 1. The van der Waals surface area contributed by atoms with Crippen molar-refractivity contribution < 1.29 is 9.59 Å². The molecule has 1 atom stereocenters. The molecule has 2 heterocycles. The predicted octanol–water partition coefficient (Wildman–Crippen LogP) is 2.71. The molecule has 2 saturated heterocycles. The van der Waals surface area contributed by atoms with E-state index in [9.17, 15) is 9.59 Å². The maximum atomic E-state index is 12.5. The fourth-order valence-electron chi connectivity index (χ4n) is 2.90. The Morgan fingerprint density at radius 2 is 1.79 bits per heavy atom. The first kappa shape index (κ1) is 12.2. The quantitative estimate of drug-likeness (QED) is 0.727. The number of hydrogen-bond donors (Lipinski definition) is 0. The van der Waals surface area contributed by atoms with Crippen molar-refractivity contribution in [3.05, 3.63) is 29.8 Å². The molecule has 0 radical (unpaired) electrons. The summed E-state index contributed by atoms with van der Waals surface area (Å²) in [5.74, 6) is -0.0595. The molecule has 0 N–H and O–H groups in total. The SMILES string of the molecule is Cc1ccc(N2C(=O)C3CCCCCN3C2=O)cc1. The van der Waals surface area contributed by atoms with Crippen LogP contribution < -0.4 is 4.90 Å². The van der Waals surface area contributed by atoms with Gasteiger partial charge in [0.1, 0.15) is 6.04 Å². The minimum absolute atomic E-state index is 0.0595. The molecule has 19 heavy (non-hydrogen) atoms. The van der Waals surface area contributed by atoms with E-state index in [1.165, 1.54) is 4.90 Å². The van der Waals surface area contributed by atoms with E-state index in [4.69, 9.17) is 0 Å². The fourth-order valence-corrected chi connectivity index (χ4v) is 2.90. The molecule has 3 rings (SSSR count). The van der Waals surface area contributed by atoms with Crippen molar-refractivity contribution in [2.24, 2.45) is 0 Å². The van der Waals surface area contributed by atoms with Gasteiger partial charge in [0.15, 0.2) is 0 Å². The number of urea groups is 1. The second-order valence-electron chi connectivity index (χ2n) is 5.35. The third-order valence-corrected chi connectivity index (χ3v) is 3.99. The summed E-state index contributed by atoms with van der Waals surface area (Å²) >= 11 is 0. The van der Waals surface area contributed by atoms with Crippen LogP contribution in [0.3, 0.4) is 0 Å². The summed E-state index contributed by atoms with van der Waals surface area (Å²) in [5.41, 5.74) is 1.81. The summed E-state index contributed by atoms with van der Waals surface area (Å²) in [6.07, 6.45) is 3.93. The number of amides is 3. The Hall–Kier alpha value is -1.84. The second-order valence-corrected chi connectivity index (χ2v) is 5.35. The van der Waals surface area contributed by atoms with Gasteiger partial charge < -0.3 is 4.90 Å². The maximum Gasteiger partial charge on any atom is 0.332 e.